The van der Waals surface area contributed by atoms with Crippen molar-refractivity contribution in [3.63, 3.8) is 0 Å². The second kappa shape index (κ2) is 12.7. The molecule has 0 aromatic rings. The zero-order chi connectivity index (χ0) is 17.6. The van der Waals surface area contributed by atoms with Crippen LogP contribution in [-0.2, 0) is 9.53 Å². The average Bonchev–Trinajstić information content (AvgIpc) is 2.79. The van der Waals surface area contributed by atoms with E-state index in [1.807, 2.05) is 0 Å². The maximum Gasteiger partial charge on any atom is 0.304 e. The summed E-state index contributed by atoms with van der Waals surface area (Å²) >= 11 is 0. The van der Waals surface area contributed by atoms with Crippen molar-refractivity contribution in [1.29, 1.82) is 0 Å². The van der Waals surface area contributed by atoms with Gasteiger partial charge in [-0.3, -0.25) is 4.79 Å². The minimum absolute atomic E-state index is 0.264. The SMILES string of the molecule is CCCCC#CC1=C(C(C#CCCCC)OC(C)=O)CCCCC1. The Morgan fingerprint density at radius 2 is 1.71 bits per heavy atom. The quantitative estimate of drug-likeness (QED) is 0.362. The molecular weight excluding hydrogens is 296 g/mol. The number of carbonyl (C=O) groups excluding carboxylic acids is 1. The summed E-state index contributed by atoms with van der Waals surface area (Å²) < 4.78 is 5.55. The van der Waals surface area contributed by atoms with E-state index in [1.165, 1.54) is 25.3 Å². The third-order valence-electron chi connectivity index (χ3n) is 4.14. The third kappa shape index (κ3) is 8.26. The van der Waals surface area contributed by atoms with Crippen LogP contribution in [0.5, 0.6) is 0 Å². The van der Waals surface area contributed by atoms with Crippen LogP contribution in [0, 0.1) is 23.7 Å². The topological polar surface area (TPSA) is 26.3 Å². The Kier molecular flexibility index (Phi) is 10.8. The molecule has 132 valence electrons. The number of ether oxygens (including phenoxy) is 1. The molecular formula is C22H32O2. The number of unbranched alkanes of at least 4 members (excludes halogenated alkanes) is 4. The molecule has 1 unspecified atom stereocenters. The first kappa shape index (κ1) is 20.4. The molecule has 1 aliphatic carbocycles. The van der Waals surface area contributed by atoms with Gasteiger partial charge >= 0.3 is 5.97 Å². The molecule has 0 saturated heterocycles. The molecule has 1 atom stereocenters. The first-order chi connectivity index (χ1) is 11.7. The second-order valence-corrected chi connectivity index (χ2v) is 6.38. The van der Waals surface area contributed by atoms with Gasteiger partial charge in [0.15, 0.2) is 6.10 Å². The lowest BCUT2D eigenvalue weighted by atomic mass is 9.98. The number of carbonyl (C=O) groups is 1. The Labute approximate surface area is 148 Å². The lowest BCUT2D eigenvalue weighted by Crippen LogP contribution is -2.18. The van der Waals surface area contributed by atoms with E-state index in [1.54, 1.807) is 0 Å². The van der Waals surface area contributed by atoms with Gasteiger partial charge in [0.05, 0.1) is 0 Å². The normalized spacial score (nSPS) is 15.5. The molecule has 1 aliphatic rings. The molecule has 0 saturated carbocycles. The van der Waals surface area contributed by atoms with Gasteiger partial charge in [-0.05, 0) is 44.1 Å². The fourth-order valence-corrected chi connectivity index (χ4v) is 2.76. The van der Waals surface area contributed by atoms with Crippen LogP contribution in [0.3, 0.4) is 0 Å². The van der Waals surface area contributed by atoms with Crippen LogP contribution in [0.2, 0.25) is 0 Å². The summed E-state index contributed by atoms with van der Waals surface area (Å²) in [7, 11) is 0. The zero-order valence-electron chi connectivity index (χ0n) is 15.7. The van der Waals surface area contributed by atoms with E-state index in [0.717, 1.165) is 63.4 Å². The minimum Gasteiger partial charge on any atom is -0.445 e. The van der Waals surface area contributed by atoms with E-state index in [0.29, 0.717) is 0 Å². The molecule has 24 heavy (non-hydrogen) atoms. The van der Waals surface area contributed by atoms with Crippen molar-refractivity contribution < 1.29 is 9.53 Å². The van der Waals surface area contributed by atoms with Crippen molar-refractivity contribution in [1.82, 2.24) is 0 Å². The fraction of sp³-hybridized carbons (Fsp3) is 0.682. The van der Waals surface area contributed by atoms with Crippen LogP contribution in [-0.4, -0.2) is 12.1 Å². The molecule has 0 aromatic heterocycles. The van der Waals surface area contributed by atoms with Gasteiger partial charge in [-0.1, -0.05) is 56.8 Å². The predicted molar refractivity (Wildman–Crippen MR) is 100 cm³/mol. The van der Waals surface area contributed by atoms with Gasteiger partial charge in [0.2, 0.25) is 0 Å². The van der Waals surface area contributed by atoms with Gasteiger partial charge in [-0.15, -0.1) is 0 Å². The number of rotatable bonds is 6. The maximum atomic E-state index is 11.5. The highest BCUT2D eigenvalue weighted by molar-refractivity contribution is 5.67. The van der Waals surface area contributed by atoms with Crippen LogP contribution in [0.15, 0.2) is 11.1 Å². The van der Waals surface area contributed by atoms with Crippen LogP contribution < -0.4 is 0 Å². The van der Waals surface area contributed by atoms with Crippen molar-refractivity contribution in [3.05, 3.63) is 11.1 Å². The van der Waals surface area contributed by atoms with Crippen molar-refractivity contribution in [3.8, 4) is 23.7 Å². The molecule has 1 rings (SSSR count). The van der Waals surface area contributed by atoms with Crippen molar-refractivity contribution in [2.24, 2.45) is 0 Å². The first-order valence-corrected chi connectivity index (χ1v) is 9.55. The van der Waals surface area contributed by atoms with Crippen LogP contribution >= 0.6 is 0 Å². The molecule has 0 aliphatic heterocycles. The molecule has 0 fully saturated rings. The van der Waals surface area contributed by atoms with Crippen molar-refractivity contribution in [2.45, 2.75) is 97.5 Å². The monoisotopic (exact) mass is 328 g/mol. The Morgan fingerprint density at radius 1 is 1.04 bits per heavy atom. The lowest BCUT2D eigenvalue weighted by Gasteiger charge is -2.16. The van der Waals surface area contributed by atoms with Crippen molar-refractivity contribution in [2.75, 3.05) is 0 Å². The highest BCUT2D eigenvalue weighted by atomic mass is 16.5. The Bertz CT molecular complexity index is 534. The molecule has 2 heteroatoms. The van der Waals surface area contributed by atoms with Gasteiger partial charge in [0.25, 0.3) is 0 Å². The van der Waals surface area contributed by atoms with Gasteiger partial charge in [-0.25, -0.2) is 0 Å². The summed E-state index contributed by atoms with van der Waals surface area (Å²) in [5.41, 5.74) is 2.32. The highest BCUT2D eigenvalue weighted by Crippen LogP contribution is 2.27. The summed E-state index contributed by atoms with van der Waals surface area (Å²) in [6.07, 6.45) is 11.3. The molecule has 0 radical (unpaired) electrons. The van der Waals surface area contributed by atoms with Gasteiger partial charge in [0.1, 0.15) is 0 Å². The largest absolute Gasteiger partial charge is 0.445 e. The summed E-state index contributed by atoms with van der Waals surface area (Å²) in [5, 5.41) is 0. The summed E-state index contributed by atoms with van der Waals surface area (Å²) in [6, 6.07) is 0. The van der Waals surface area contributed by atoms with E-state index in [4.69, 9.17) is 4.74 Å². The maximum absolute atomic E-state index is 11.5. The Morgan fingerprint density at radius 3 is 2.38 bits per heavy atom. The average molecular weight is 328 g/mol. The number of allylic oxidation sites excluding steroid dienone is 1. The van der Waals surface area contributed by atoms with Crippen LogP contribution in [0.1, 0.15) is 91.4 Å². The number of hydrogen-bond acceptors (Lipinski definition) is 2. The summed E-state index contributed by atoms with van der Waals surface area (Å²) in [6.45, 7) is 5.80. The van der Waals surface area contributed by atoms with Gasteiger partial charge < -0.3 is 4.74 Å². The van der Waals surface area contributed by atoms with Crippen LogP contribution in [0.25, 0.3) is 0 Å². The zero-order valence-corrected chi connectivity index (χ0v) is 15.7. The Balaban J connectivity index is 3.02. The van der Waals surface area contributed by atoms with E-state index in [9.17, 15) is 4.79 Å². The van der Waals surface area contributed by atoms with Gasteiger partial charge in [0, 0.05) is 25.3 Å². The van der Waals surface area contributed by atoms with Crippen molar-refractivity contribution >= 4 is 5.97 Å². The smallest absolute Gasteiger partial charge is 0.304 e. The summed E-state index contributed by atoms with van der Waals surface area (Å²) in [4.78, 5) is 11.5. The standard InChI is InChI=1S/C22H32O2/c1-4-6-8-11-15-20-16-12-10-13-17-21(20)22(24-19(3)23)18-14-9-7-5-2/h22H,4-10,12-13,16-17H2,1-3H3. The molecule has 0 spiro atoms. The number of hydrogen-bond donors (Lipinski definition) is 0. The fourth-order valence-electron chi connectivity index (χ4n) is 2.76. The highest BCUT2D eigenvalue weighted by Gasteiger charge is 2.20. The minimum atomic E-state index is -0.409. The Hall–Kier alpha value is -1.67. The lowest BCUT2D eigenvalue weighted by molar-refractivity contribution is -0.142. The van der Waals surface area contributed by atoms with E-state index in [2.05, 4.69) is 37.5 Å². The molecule has 2 nitrogen and oxygen atoms in total. The third-order valence-corrected chi connectivity index (χ3v) is 4.14. The number of esters is 1. The molecule has 0 heterocycles. The van der Waals surface area contributed by atoms with E-state index < -0.39 is 6.10 Å². The molecule has 0 aromatic carbocycles. The van der Waals surface area contributed by atoms with Gasteiger partial charge in [-0.2, -0.15) is 0 Å². The predicted octanol–water partition coefficient (Wildman–Crippen LogP) is 5.57. The van der Waals surface area contributed by atoms with Crippen LogP contribution in [0.4, 0.5) is 0 Å². The summed E-state index contributed by atoms with van der Waals surface area (Å²) in [5.74, 6) is 12.8. The molecule has 0 bridgehead atoms. The molecule has 0 N–H and O–H groups in total. The van der Waals surface area contributed by atoms with E-state index >= 15 is 0 Å². The second-order valence-electron chi connectivity index (χ2n) is 6.38. The molecule has 0 amide bonds. The first-order valence-electron chi connectivity index (χ1n) is 9.55. The van der Waals surface area contributed by atoms with E-state index in [-0.39, 0.29) is 5.97 Å².